The first-order valence-corrected chi connectivity index (χ1v) is 5.58. The van der Waals surface area contributed by atoms with Crippen LogP contribution in [0.1, 0.15) is 26.7 Å². The SMILES string of the molecule is C/N=C(/NC)NCCC[C@](C)(NC)C(C)=O. The van der Waals surface area contributed by atoms with Gasteiger partial charge in [0.2, 0.25) is 0 Å². The van der Waals surface area contributed by atoms with Crippen LogP contribution in [0.4, 0.5) is 0 Å². The molecule has 5 heteroatoms. The number of carbonyl (C=O) groups is 1. The Morgan fingerprint density at radius 2 is 2.00 bits per heavy atom. The molecule has 0 amide bonds. The van der Waals surface area contributed by atoms with Crippen molar-refractivity contribution in [2.24, 2.45) is 4.99 Å². The fourth-order valence-electron chi connectivity index (χ4n) is 1.41. The highest BCUT2D eigenvalue weighted by molar-refractivity contribution is 5.85. The molecule has 0 aromatic rings. The van der Waals surface area contributed by atoms with Crippen LogP contribution in [0.25, 0.3) is 0 Å². The van der Waals surface area contributed by atoms with Gasteiger partial charge in [-0.15, -0.1) is 0 Å². The van der Waals surface area contributed by atoms with Gasteiger partial charge in [-0.1, -0.05) is 0 Å². The topological polar surface area (TPSA) is 65.5 Å². The fraction of sp³-hybridized carbons (Fsp3) is 0.818. The Labute approximate surface area is 98.1 Å². The monoisotopic (exact) mass is 228 g/mol. The van der Waals surface area contributed by atoms with Crippen molar-refractivity contribution in [3.63, 3.8) is 0 Å². The van der Waals surface area contributed by atoms with Crippen LogP contribution in [-0.4, -0.2) is 45.0 Å². The molecule has 0 radical (unpaired) electrons. The summed E-state index contributed by atoms with van der Waals surface area (Å²) in [6.07, 6.45) is 1.73. The van der Waals surface area contributed by atoms with Crippen LogP contribution >= 0.6 is 0 Å². The Hall–Kier alpha value is -1.10. The summed E-state index contributed by atoms with van der Waals surface area (Å²) in [4.78, 5) is 15.4. The molecule has 0 rings (SSSR count). The molecule has 0 aromatic heterocycles. The number of carbonyl (C=O) groups excluding carboxylic acids is 1. The second kappa shape index (κ2) is 7.22. The van der Waals surface area contributed by atoms with Crippen molar-refractivity contribution in [3.05, 3.63) is 0 Å². The van der Waals surface area contributed by atoms with E-state index in [1.165, 1.54) is 0 Å². The molecule has 3 N–H and O–H groups in total. The van der Waals surface area contributed by atoms with Crippen LogP contribution < -0.4 is 16.0 Å². The summed E-state index contributed by atoms with van der Waals surface area (Å²) in [7, 11) is 5.37. The molecule has 0 unspecified atom stereocenters. The van der Waals surface area contributed by atoms with Crippen molar-refractivity contribution < 1.29 is 4.79 Å². The molecule has 0 spiro atoms. The second-order valence-electron chi connectivity index (χ2n) is 3.99. The van der Waals surface area contributed by atoms with E-state index in [9.17, 15) is 4.79 Å². The minimum absolute atomic E-state index is 0.174. The van der Waals surface area contributed by atoms with Gasteiger partial charge in [0.05, 0.1) is 5.54 Å². The number of nitrogens with one attached hydrogen (secondary N) is 3. The molecule has 0 fully saturated rings. The van der Waals surface area contributed by atoms with Crippen molar-refractivity contribution in [1.29, 1.82) is 0 Å². The summed E-state index contributed by atoms with van der Waals surface area (Å²) in [5, 5.41) is 9.17. The molecule has 16 heavy (non-hydrogen) atoms. The first kappa shape index (κ1) is 14.9. The molecule has 0 heterocycles. The van der Waals surface area contributed by atoms with Gasteiger partial charge in [-0.25, -0.2) is 0 Å². The van der Waals surface area contributed by atoms with Gasteiger partial charge < -0.3 is 16.0 Å². The van der Waals surface area contributed by atoms with Crippen LogP contribution in [0.5, 0.6) is 0 Å². The lowest BCUT2D eigenvalue weighted by Crippen LogP contribution is -2.47. The molecule has 0 bridgehead atoms. The highest BCUT2D eigenvalue weighted by atomic mass is 16.1. The van der Waals surface area contributed by atoms with E-state index in [1.807, 2.05) is 21.0 Å². The summed E-state index contributed by atoms with van der Waals surface area (Å²) in [6.45, 7) is 4.36. The number of Topliss-reactive ketones (excluding diaryl/α,β-unsaturated/α-hetero) is 1. The van der Waals surface area contributed by atoms with E-state index in [2.05, 4.69) is 20.9 Å². The zero-order valence-corrected chi connectivity index (χ0v) is 11.0. The quantitative estimate of drug-likeness (QED) is 0.343. The predicted octanol–water partition coefficient (Wildman–Crippen LogP) is 0.129. The Morgan fingerprint density at radius 1 is 1.38 bits per heavy atom. The maximum atomic E-state index is 11.4. The summed E-state index contributed by atoms with van der Waals surface area (Å²) in [5.41, 5.74) is -0.412. The van der Waals surface area contributed by atoms with Gasteiger partial charge in [0, 0.05) is 20.6 Å². The molecule has 1 atom stereocenters. The minimum Gasteiger partial charge on any atom is -0.359 e. The summed E-state index contributed by atoms with van der Waals surface area (Å²) in [5.74, 6) is 0.946. The van der Waals surface area contributed by atoms with Gasteiger partial charge in [0.1, 0.15) is 5.78 Å². The maximum absolute atomic E-state index is 11.4. The third-order valence-corrected chi connectivity index (χ3v) is 2.94. The smallest absolute Gasteiger partial charge is 0.190 e. The molecule has 0 aliphatic carbocycles. The van der Waals surface area contributed by atoms with E-state index in [4.69, 9.17) is 0 Å². The van der Waals surface area contributed by atoms with Gasteiger partial charge in [-0.3, -0.25) is 9.79 Å². The number of hydrogen-bond donors (Lipinski definition) is 3. The third kappa shape index (κ3) is 4.61. The van der Waals surface area contributed by atoms with Crippen LogP contribution in [0.2, 0.25) is 0 Å². The number of hydrogen-bond acceptors (Lipinski definition) is 3. The number of likely N-dealkylation sites (N-methyl/N-ethyl adjacent to an activating group) is 1. The van der Waals surface area contributed by atoms with Crippen LogP contribution in [0.3, 0.4) is 0 Å². The standard InChI is InChI=1S/C11H24N4O/c1-9(16)11(2,14-5)7-6-8-15-10(12-3)13-4/h14H,6-8H2,1-5H3,(H2,12,13,15)/t11-/m0/s1. The first-order chi connectivity index (χ1) is 7.50. The average molecular weight is 228 g/mol. The molecule has 5 nitrogen and oxygen atoms in total. The Bertz CT molecular complexity index is 252. The van der Waals surface area contributed by atoms with Crippen molar-refractivity contribution >= 4 is 11.7 Å². The zero-order chi connectivity index (χ0) is 12.6. The number of guanidine groups is 1. The Morgan fingerprint density at radius 3 is 2.38 bits per heavy atom. The van der Waals surface area contributed by atoms with E-state index in [0.29, 0.717) is 0 Å². The largest absolute Gasteiger partial charge is 0.359 e. The lowest BCUT2D eigenvalue weighted by molar-refractivity contribution is -0.122. The molecule has 0 aromatic carbocycles. The van der Waals surface area contributed by atoms with Crippen LogP contribution in [-0.2, 0) is 4.79 Å². The molecular formula is C11H24N4O. The van der Waals surface area contributed by atoms with Crippen molar-refractivity contribution in [2.45, 2.75) is 32.2 Å². The fourth-order valence-corrected chi connectivity index (χ4v) is 1.41. The van der Waals surface area contributed by atoms with E-state index in [0.717, 1.165) is 25.3 Å². The van der Waals surface area contributed by atoms with Gasteiger partial charge in [0.15, 0.2) is 5.96 Å². The maximum Gasteiger partial charge on any atom is 0.190 e. The van der Waals surface area contributed by atoms with Gasteiger partial charge in [0.25, 0.3) is 0 Å². The summed E-state index contributed by atoms with van der Waals surface area (Å²) in [6, 6.07) is 0. The zero-order valence-electron chi connectivity index (χ0n) is 11.0. The molecule has 0 saturated heterocycles. The van der Waals surface area contributed by atoms with Crippen molar-refractivity contribution in [2.75, 3.05) is 27.7 Å². The van der Waals surface area contributed by atoms with Crippen LogP contribution in [0.15, 0.2) is 4.99 Å². The number of aliphatic imine (C=N–C) groups is 1. The van der Waals surface area contributed by atoms with Gasteiger partial charge in [-0.2, -0.15) is 0 Å². The number of nitrogens with zero attached hydrogens (tertiary/aromatic N) is 1. The van der Waals surface area contributed by atoms with E-state index < -0.39 is 5.54 Å². The normalized spacial score (nSPS) is 15.4. The predicted molar refractivity (Wildman–Crippen MR) is 67.8 cm³/mol. The average Bonchev–Trinajstić information content (AvgIpc) is 2.28. The lowest BCUT2D eigenvalue weighted by Gasteiger charge is -2.26. The van der Waals surface area contributed by atoms with Gasteiger partial charge >= 0.3 is 0 Å². The first-order valence-electron chi connectivity index (χ1n) is 5.58. The number of ketones is 1. The minimum atomic E-state index is -0.412. The van der Waals surface area contributed by atoms with E-state index >= 15 is 0 Å². The molecule has 0 saturated carbocycles. The van der Waals surface area contributed by atoms with Crippen LogP contribution in [0, 0.1) is 0 Å². The highest BCUT2D eigenvalue weighted by Crippen LogP contribution is 2.12. The molecule has 0 aliphatic rings. The third-order valence-electron chi connectivity index (χ3n) is 2.94. The van der Waals surface area contributed by atoms with E-state index in [1.54, 1.807) is 14.0 Å². The Balaban J connectivity index is 3.93. The Kier molecular flexibility index (Phi) is 6.72. The second-order valence-corrected chi connectivity index (χ2v) is 3.99. The highest BCUT2D eigenvalue weighted by Gasteiger charge is 2.26. The molecular weight excluding hydrogens is 204 g/mol. The van der Waals surface area contributed by atoms with Gasteiger partial charge in [-0.05, 0) is 33.7 Å². The molecule has 94 valence electrons. The summed E-state index contributed by atoms with van der Waals surface area (Å²) < 4.78 is 0. The van der Waals surface area contributed by atoms with Crippen molar-refractivity contribution in [3.8, 4) is 0 Å². The summed E-state index contributed by atoms with van der Waals surface area (Å²) >= 11 is 0. The van der Waals surface area contributed by atoms with E-state index in [-0.39, 0.29) is 5.78 Å². The lowest BCUT2D eigenvalue weighted by atomic mass is 9.92. The van der Waals surface area contributed by atoms with Crippen molar-refractivity contribution in [1.82, 2.24) is 16.0 Å². The molecule has 0 aliphatic heterocycles. The number of rotatable bonds is 6.